The predicted molar refractivity (Wildman–Crippen MR) is 81.7 cm³/mol. The number of aromatic nitrogens is 2. The molecule has 3 rings (SSSR count). The minimum absolute atomic E-state index is 0.166. The fraction of sp³-hybridized carbons (Fsp3) is 0.417. The van der Waals surface area contributed by atoms with Gasteiger partial charge in [0.25, 0.3) is 0 Å². The highest BCUT2D eigenvalue weighted by atomic mass is 79.9. The normalized spacial score (nSPS) is 19.8. The first kappa shape index (κ1) is 13.3. The smallest absolute Gasteiger partial charge is 0.178 e. The number of hydrogen-bond donors (Lipinski definition) is 1. The van der Waals surface area contributed by atoms with Gasteiger partial charge in [0.05, 0.1) is 22.5 Å². The molecule has 0 bridgehead atoms. The van der Waals surface area contributed by atoms with Crippen LogP contribution in [0, 0.1) is 4.77 Å². The SMILES string of the molecule is O=S1(=O)CCC(n2c(=S)[nH]c3ccc(Br)cc32)CC1. The summed E-state index contributed by atoms with van der Waals surface area (Å²) in [7, 11) is -2.85. The van der Waals surface area contributed by atoms with E-state index in [1.54, 1.807) is 0 Å². The third kappa shape index (κ3) is 2.51. The van der Waals surface area contributed by atoms with E-state index in [0.29, 0.717) is 17.6 Å². The van der Waals surface area contributed by atoms with Crippen molar-refractivity contribution in [2.24, 2.45) is 0 Å². The Labute approximate surface area is 124 Å². The van der Waals surface area contributed by atoms with E-state index < -0.39 is 9.84 Å². The summed E-state index contributed by atoms with van der Waals surface area (Å²) in [5.74, 6) is 0.500. The third-order valence-corrected chi connectivity index (χ3v) is 6.08. The van der Waals surface area contributed by atoms with Gasteiger partial charge in [-0.25, -0.2) is 8.42 Å². The van der Waals surface area contributed by atoms with E-state index in [2.05, 4.69) is 25.5 Å². The zero-order chi connectivity index (χ0) is 13.6. The zero-order valence-electron chi connectivity index (χ0n) is 10.1. The number of benzene rings is 1. The van der Waals surface area contributed by atoms with Gasteiger partial charge in [0.2, 0.25) is 0 Å². The molecule has 7 heteroatoms. The van der Waals surface area contributed by atoms with Gasteiger partial charge >= 0.3 is 0 Å². The Morgan fingerprint density at radius 2 is 2.00 bits per heavy atom. The number of sulfone groups is 1. The molecule has 2 aromatic rings. The van der Waals surface area contributed by atoms with Gasteiger partial charge in [-0.05, 0) is 43.3 Å². The first-order valence-electron chi connectivity index (χ1n) is 6.06. The van der Waals surface area contributed by atoms with Crippen molar-refractivity contribution < 1.29 is 8.42 Å². The van der Waals surface area contributed by atoms with Gasteiger partial charge < -0.3 is 9.55 Å². The maximum absolute atomic E-state index is 11.5. The molecular formula is C12H13BrN2O2S2. The van der Waals surface area contributed by atoms with Crippen LogP contribution in [-0.4, -0.2) is 29.5 Å². The second-order valence-electron chi connectivity index (χ2n) is 4.84. The molecule has 0 atom stereocenters. The fourth-order valence-electron chi connectivity index (χ4n) is 2.59. The molecule has 0 amide bonds. The van der Waals surface area contributed by atoms with Crippen molar-refractivity contribution in [2.75, 3.05) is 11.5 Å². The molecule has 1 aromatic carbocycles. The fourth-order valence-corrected chi connectivity index (χ4v) is 4.77. The first-order chi connectivity index (χ1) is 8.96. The molecule has 0 spiro atoms. The number of rotatable bonds is 1. The third-order valence-electron chi connectivity index (χ3n) is 3.57. The summed E-state index contributed by atoms with van der Waals surface area (Å²) in [6.45, 7) is 0. The van der Waals surface area contributed by atoms with E-state index >= 15 is 0 Å². The number of nitrogens with one attached hydrogen (secondary N) is 1. The Kier molecular flexibility index (Phi) is 3.31. The van der Waals surface area contributed by atoms with Crippen molar-refractivity contribution in [3.05, 3.63) is 27.4 Å². The average molecular weight is 361 g/mol. The van der Waals surface area contributed by atoms with Gasteiger partial charge in [-0.2, -0.15) is 0 Å². The van der Waals surface area contributed by atoms with Crippen LogP contribution in [0.4, 0.5) is 0 Å². The molecule has 102 valence electrons. The van der Waals surface area contributed by atoms with Gasteiger partial charge in [0.15, 0.2) is 4.77 Å². The van der Waals surface area contributed by atoms with Gasteiger partial charge in [0, 0.05) is 10.5 Å². The van der Waals surface area contributed by atoms with Crippen molar-refractivity contribution in [1.82, 2.24) is 9.55 Å². The van der Waals surface area contributed by atoms with Gasteiger partial charge in [-0.3, -0.25) is 0 Å². The Morgan fingerprint density at radius 1 is 1.32 bits per heavy atom. The number of fused-ring (bicyclic) bond motifs is 1. The van der Waals surface area contributed by atoms with Crippen molar-refractivity contribution in [3.8, 4) is 0 Å². The van der Waals surface area contributed by atoms with Crippen LogP contribution in [0.2, 0.25) is 0 Å². The number of H-pyrrole nitrogens is 1. The highest BCUT2D eigenvalue weighted by Gasteiger charge is 2.26. The quantitative estimate of drug-likeness (QED) is 0.794. The number of halogens is 1. The maximum Gasteiger partial charge on any atom is 0.178 e. The van der Waals surface area contributed by atoms with Crippen LogP contribution in [0.1, 0.15) is 18.9 Å². The number of hydrogen-bond acceptors (Lipinski definition) is 3. The van der Waals surface area contributed by atoms with Crippen molar-refractivity contribution in [3.63, 3.8) is 0 Å². The zero-order valence-corrected chi connectivity index (χ0v) is 13.3. The minimum atomic E-state index is -2.85. The lowest BCUT2D eigenvalue weighted by Gasteiger charge is -2.23. The van der Waals surface area contributed by atoms with E-state index in [-0.39, 0.29) is 17.5 Å². The second-order valence-corrected chi connectivity index (χ2v) is 8.45. The largest absolute Gasteiger partial charge is 0.331 e. The van der Waals surface area contributed by atoms with Gasteiger partial charge in [-0.15, -0.1) is 0 Å². The summed E-state index contributed by atoms with van der Waals surface area (Å²) < 4.78 is 26.8. The van der Waals surface area contributed by atoms with Crippen LogP contribution in [0.25, 0.3) is 11.0 Å². The van der Waals surface area contributed by atoms with E-state index in [4.69, 9.17) is 12.2 Å². The molecule has 1 aliphatic rings. The first-order valence-corrected chi connectivity index (χ1v) is 9.09. The topological polar surface area (TPSA) is 54.9 Å². The van der Waals surface area contributed by atoms with Crippen molar-refractivity contribution in [2.45, 2.75) is 18.9 Å². The molecule has 4 nitrogen and oxygen atoms in total. The van der Waals surface area contributed by atoms with Crippen LogP contribution < -0.4 is 0 Å². The van der Waals surface area contributed by atoms with Crippen LogP contribution in [0.3, 0.4) is 0 Å². The molecular weight excluding hydrogens is 348 g/mol. The summed E-state index contributed by atoms with van der Waals surface area (Å²) >= 11 is 8.84. The molecule has 1 fully saturated rings. The second kappa shape index (κ2) is 4.71. The van der Waals surface area contributed by atoms with Gasteiger partial charge in [-0.1, -0.05) is 15.9 Å². The molecule has 0 saturated carbocycles. The molecule has 1 aliphatic heterocycles. The molecule has 19 heavy (non-hydrogen) atoms. The molecule has 2 heterocycles. The van der Waals surface area contributed by atoms with Crippen molar-refractivity contribution >= 4 is 49.0 Å². The minimum Gasteiger partial charge on any atom is -0.331 e. The standard InChI is InChI=1S/C12H13BrN2O2S2/c13-8-1-2-10-11(7-8)15(12(18)14-10)9-3-5-19(16,17)6-4-9/h1-2,7,9H,3-6H2,(H,14,18). The van der Waals surface area contributed by atoms with E-state index in [1.807, 2.05) is 18.2 Å². The molecule has 1 saturated heterocycles. The van der Waals surface area contributed by atoms with Crippen LogP contribution >= 0.6 is 28.1 Å². The van der Waals surface area contributed by atoms with Crippen LogP contribution in [-0.2, 0) is 9.84 Å². The maximum atomic E-state index is 11.5. The number of aromatic amines is 1. The highest BCUT2D eigenvalue weighted by molar-refractivity contribution is 9.10. The lowest BCUT2D eigenvalue weighted by atomic mass is 10.1. The summed E-state index contributed by atoms with van der Waals surface area (Å²) in [5.41, 5.74) is 2.02. The highest BCUT2D eigenvalue weighted by Crippen LogP contribution is 2.29. The number of nitrogens with zero attached hydrogens (tertiary/aromatic N) is 1. The Morgan fingerprint density at radius 3 is 2.68 bits per heavy atom. The van der Waals surface area contributed by atoms with Crippen LogP contribution in [0.15, 0.2) is 22.7 Å². The number of imidazole rings is 1. The molecule has 0 aliphatic carbocycles. The average Bonchev–Trinajstić information content (AvgIpc) is 2.65. The lowest BCUT2D eigenvalue weighted by Crippen LogP contribution is -2.25. The van der Waals surface area contributed by atoms with E-state index in [1.165, 1.54) is 0 Å². The van der Waals surface area contributed by atoms with Crippen molar-refractivity contribution in [1.29, 1.82) is 0 Å². The molecule has 0 unspecified atom stereocenters. The molecule has 1 N–H and O–H groups in total. The van der Waals surface area contributed by atoms with Crippen LogP contribution in [0.5, 0.6) is 0 Å². The summed E-state index contributed by atoms with van der Waals surface area (Å²) in [5, 5.41) is 0. The Hall–Kier alpha value is -0.660. The van der Waals surface area contributed by atoms with E-state index in [9.17, 15) is 8.42 Å². The monoisotopic (exact) mass is 360 g/mol. The van der Waals surface area contributed by atoms with E-state index in [0.717, 1.165) is 15.5 Å². The predicted octanol–water partition coefficient (Wildman–Crippen LogP) is 3.21. The lowest BCUT2D eigenvalue weighted by molar-refractivity contribution is 0.455. The Balaban J connectivity index is 2.08. The van der Waals surface area contributed by atoms with Gasteiger partial charge in [0.1, 0.15) is 9.84 Å². The molecule has 1 aromatic heterocycles. The summed E-state index contributed by atoms with van der Waals surface area (Å²) in [6, 6.07) is 6.12. The molecule has 0 radical (unpaired) electrons. The Bertz CT molecular complexity index is 778. The summed E-state index contributed by atoms with van der Waals surface area (Å²) in [6.07, 6.45) is 1.27. The summed E-state index contributed by atoms with van der Waals surface area (Å²) in [4.78, 5) is 3.18.